The summed E-state index contributed by atoms with van der Waals surface area (Å²) in [7, 11) is 1.45. The Morgan fingerprint density at radius 3 is 2.68 bits per heavy atom. The number of rotatable bonds is 5. The van der Waals surface area contributed by atoms with Gasteiger partial charge in [-0.15, -0.1) is 5.10 Å². The highest BCUT2D eigenvalue weighted by molar-refractivity contribution is 5.90. The number of carbonyl (C=O) groups is 1. The first-order chi connectivity index (χ1) is 13.6. The Balaban J connectivity index is 1.69. The average Bonchev–Trinajstić information content (AvgIpc) is 3.11. The van der Waals surface area contributed by atoms with Crippen molar-refractivity contribution in [2.75, 3.05) is 24.4 Å². The van der Waals surface area contributed by atoms with Crippen LogP contribution in [0.15, 0.2) is 54.6 Å². The minimum atomic E-state index is -0.330. The minimum absolute atomic E-state index is 0.00970. The second-order valence-electron chi connectivity index (χ2n) is 6.60. The molecule has 144 valence electrons. The molecule has 0 spiro atoms. The number of nitrogens with one attached hydrogen (secondary N) is 2. The van der Waals surface area contributed by atoms with E-state index in [-0.39, 0.29) is 36.4 Å². The van der Waals surface area contributed by atoms with Crippen LogP contribution >= 0.6 is 0 Å². The molecule has 2 aromatic carbocycles. The summed E-state index contributed by atoms with van der Waals surface area (Å²) in [6, 6.07) is 16.3. The molecule has 0 aliphatic carbocycles. The van der Waals surface area contributed by atoms with Crippen LogP contribution in [0.5, 0.6) is 0 Å². The molecule has 7 nitrogen and oxygen atoms in total. The van der Waals surface area contributed by atoms with Crippen LogP contribution in [0, 0.1) is 5.82 Å². The van der Waals surface area contributed by atoms with E-state index in [0.717, 1.165) is 11.1 Å². The van der Waals surface area contributed by atoms with E-state index in [4.69, 9.17) is 4.74 Å². The lowest BCUT2D eigenvalue weighted by molar-refractivity contribution is -0.119. The third-order valence-electron chi connectivity index (χ3n) is 4.67. The second-order valence-corrected chi connectivity index (χ2v) is 6.60. The van der Waals surface area contributed by atoms with Crippen LogP contribution in [-0.2, 0) is 9.53 Å². The van der Waals surface area contributed by atoms with E-state index in [1.807, 2.05) is 30.3 Å². The molecular formula is C20H20FN5O2. The van der Waals surface area contributed by atoms with Crippen molar-refractivity contribution in [3.8, 4) is 0 Å². The highest BCUT2D eigenvalue weighted by atomic mass is 19.1. The Kier molecular flexibility index (Phi) is 5.03. The van der Waals surface area contributed by atoms with Crippen molar-refractivity contribution in [1.29, 1.82) is 0 Å². The third-order valence-corrected chi connectivity index (χ3v) is 4.67. The van der Waals surface area contributed by atoms with Crippen LogP contribution in [0.4, 0.5) is 16.3 Å². The van der Waals surface area contributed by atoms with Crippen molar-refractivity contribution < 1.29 is 13.9 Å². The first kappa shape index (κ1) is 18.1. The van der Waals surface area contributed by atoms with Crippen LogP contribution in [0.1, 0.15) is 29.6 Å². The van der Waals surface area contributed by atoms with Crippen LogP contribution in [0.2, 0.25) is 0 Å². The monoisotopic (exact) mass is 381 g/mol. The molecule has 0 radical (unpaired) electrons. The Morgan fingerprint density at radius 2 is 1.96 bits per heavy atom. The van der Waals surface area contributed by atoms with E-state index in [2.05, 4.69) is 20.7 Å². The molecule has 1 aromatic heterocycles. The molecule has 2 unspecified atom stereocenters. The zero-order chi connectivity index (χ0) is 19.5. The number of fused-ring (bicyclic) bond motifs is 1. The lowest BCUT2D eigenvalue weighted by Crippen LogP contribution is -2.28. The summed E-state index contributed by atoms with van der Waals surface area (Å²) in [5, 5.41) is 10.5. The smallest absolute Gasteiger partial charge is 0.252 e. The van der Waals surface area contributed by atoms with Gasteiger partial charge in [0.2, 0.25) is 5.95 Å². The van der Waals surface area contributed by atoms with E-state index in [9.17, 15) is 9.18 Å². The highest BCUT2D eigenvalue weighted by Crippen LogP contribution is 2.38. The molecule has 1 aliphatic heterocycles. The minimum Gasteiger partial charge on any atom is -0.375 e. The van der Waals surface area contributed by atoms with Crippen molar-refractivity contribution in [2.45, 2.75) is 18.5 Å². The van der Waals surface area contributed by atoms with Crippen molar-refractivity contribution in [3.63, 3.8) is 0 Å². The van der Waals surface area contributed by atoms with E-state index >= 15 is 0 Å². The number of methoxy groups -OCH3 is 1. The normalized spacial score (nSPS) is 18.2. The number of amides is 1. The maximum Gasteiger partial charge on any atom is 0.252 e. The van der Waals surface area contributed by atoms with Gasteiger partial charge in [-0.1, -0.05) is 42.5 Å². The first-order valence-corrected chi connectivity index (χ1v) is 8.96. The molecular weight excluding hydrogens is 361 g/mol. The summed E-state index contributed by atoms with van der Waals surface area (Å²) in [5.41, 5.74) is 2.04. The molecule has 2 atom stereocenters. The Labute approximate surface area is 161 Å². The highest BCUT2D eigenvalue weighted by Gasteiger charge is 2.31. The van der Waals surface area contributed by atoms with Crippen LogP contribution in [0.25, 0.3) is 0 Å². The maximum atomic E-state index is 13.4. The fourth-order valence-corrected chi connectivity index (χ4v) is 3.39. The molecule has 0 fully saturated rings. The van der Waals surface area contributed by atoms with Crippen molar-refractivity contribution in [3.05, 3.63) is 71.5 Å². The van der Waals surface area contributed by atoms with Gasteiger partial charge in [-0.05, 0) is 29.7 Å². The molecule has 28 heavy (non-hydrogen) atoms. The quantitative estimate of drug-likeness (QED) is 0.710. The van der Waals surface area contributed by atoms with Gasteiger partial charge < -0.3 is 10.1 Å². The summed E-state index contributed by atoms with van der Waals surface area (Å²) < 4.78 is 20.0. The zero-order valence-electron chi connectivity index (χ0n) is 15.3. The van der Waals surface area contributed by atoms with Gasteiger partial charge in [0.1, 0.15) is 12.4 Å². The summed E-state index contributed by atoms with van der Waals surface area (Å²) in [5.74, 6) is 0.125. The van der Waals surface area contributed by atoms with Crippen molar-refractivity contribution >= 4 is 17.8 Å². The first-order valence-electron chi connectivity index (χ1n) is 8.96. The number of halogens is 1. The second kappa shape index (κ2) is 7.77. The fraction of sp³-hybridized carbons (Fsp3) is 0.250. The molecule has 3 aromatic rings. The largest absolute Gasteiger partial charge is 0.375 e. The Hall–Kier alpha value is -3.26. The standard InChI is InChI=1S/C20H20FN5O2/c1-28-12-18(27)23-19-24-20-22-16(13-5-3-2-4-6-13)11-17(26(20)25-19)14-7-9-15(21)10-8-14/h2-10,16-17H,11-12H2,1H3,(H2,22,23,24,25,27). The molecule has 2 heterocycles. The van der Waals surface area contributed by atoms with Crippen LogP contribution in [-0.4, -0.2) is 34.4 Å². The fourth-order valence-electron chi connectivity index (χ4n) is 3.39. The lowest BCUT2D eigenvalue weighted by atomic mass is 9.93. The number of aromatic nitrogens is 3. The van der Waals surface area contributed by atoms with Crippen molar-refractivity contribution in [1.82, 2.24) is 14.8 Å². The summed E-state index contributed by atoms with van der Waals surface area (Å²) in [4.78, 5) is 16.2. The van der Waals surface area contributed by atoms with Gasteiger partial charge in [0.05, 0.1) is 12.1 Å². The van der Waals surface area contributed by atoms with Gasteiger partial charge in [0, 0.05) is 7.11 Å². The maximum absolute atomic E-state index is 13.4. The van der Waals surface area contributed by atoms with E-state index in [1.54, 1.807) is 16.8 Å². The predicted octanol–water partition coefficient (Wildman–Crippen LogP) is 3.15. The number of hydrogen-bond donors (Lipinski definition) is 2. The molecule has 0 saturated carbocycles. The SMILES string of the molecule is COCC(=O)Nc1nc2n(n1)C(c1ccc(F)cc1)CC(c1ccccc1)N2. The number of hydrogen-bond acceptors (Lipinski definition) is 5. The number of ether oxygens (including phenoxy) is 1. The molecule has 1 amide bonds. The molecule has 0 bridgehead atoms. The molecule has 8 heteroatoms. The summed E-state index contributed by atoms with van der Waals surface area (Å²) >= 11 is 0. The van der Waals surface area contributed by atoms with Crippen LogP contribution in [0.3, 0.4) is 0 Å². The predicted molar refractivity (Wildman–Crippen MR) is 102 cm³/mol. The van der Waals surface area contributed by atoms with Gasteiger partial charge in [-0.3, -0.25) is 10.1 Å². The Bertz CT molecular complexity index is 958. The van der Waals surface area contributed by atoms with E-state index in [1.165, 1.54) is 19.2 Å². The lowest BCUT2D eigenvalue weighted by Gasteiger charge is -2.31. The van der Waals surface area contributed by atoms with Gasteiger partial charge in [-0.2, -0.15) is 4.98 Å². The van der Waals surface area contributed by atoms with E-state index < -0.39 is 0 Å². The number of anilines is 2. The van der Waals surface area contributed by atoms with Gasteiger partial charge >= 0.3 is 0 Å². The molecule has 1 aliphatic rings. The third kappa shape index (κ3) is 3.72. The zero-order valence-corrected chi connectivity index (χ0v) is 15.3. The number of nitrogens with zero attached hydrogens (tertiary/aromatic N) is 3. The summed E-state index contributed by atoms with van der Waals surface area (Å²) in [6.07, 6.45) is 0.706. The Morgan fingerprint density at radius 1 is 1.21 bits per heavy atom. The summed E-state index contributed by atoms with van der Waals surface area (Å²) in [6.45, 7) is -0.0780. The van der Waals surface area contributed by atoms with Gasteiger partial charge in [0.25, 0.3) is 11.9 Å². The average molecular weight is 381 g/mol. The molecule has 0 saturated heterocycles. The molecule has 2 N–H and O–H groups in total. The molecule has 4 rings (SSSR count). The van der Waals surface area contributed by atoms with Crippen molar-refractivity contribution in [2.24, 2.45) is 0 Å². The van der Waals surface area contributed by atoms with Crippen LogP contribution < -0.4 is 10.6 Å². The number of benzene rings is 2. The topological polar surface area (TPSA) is 81.1 Å². The van der Waals surface area contributed by atoms with E-state index in [0.29, 0.717) is 12.4 Å². The van der Waals surface area contributed by atoms with Gasteiger partial charge in [-0.25, -0.2) is 9.07 Å². The van der Waals surface area contributed by atoms with Gasteiger partial charge in [0.15, 0.2) is 0 Å². The number of carbonyl (C=O) groups excluding carboxylic acids is 1.